The molecule has 0 N–H and O–H groups in total. The van der Waals surface area contributed by atoms with Gasteiger partial charge in [0, 0.05) is 0 Å². The van der Waals surface area contributed by atoms with E-state index in [0.29, 0.717) is 0 Å². The fourth-order valence-corrected chi connectivity index (χ4v) is 17.2. The minimum absolute atomic E-state index is 0.163. The Hall–Kier alpha value is -3.53. The number of alkyl halides is 1. The minimum atomic E-state index is -2.31. The van der Waals surface area contributed by atoms with Gasteiger partial charge < -0.3 is 0 Å². The molecule has 0 amide bonds. The largest absolute Gasteiger partial charge is 0.190 e. The van der Waals surface area contributed by atoms with Gasteiger partial charge in [0.05, 0.1) is 0 Å². The number of rotatable bonds is 9. The smallest absolute Gasteiger partial charge is 0.0731 e. The highest BCUT2D eigenvalue weighted by Crippen LogP contribution is 2.67. The maximum Gasteiger partial charge on any atom is 0.190 e. The summed E-state index contributed by atoms with van der Waals surface area (Å²) < 4.78 is 0. The van der Waals surface area contributed by atoms with E-state index in [1.54, 1.807) is 0 Å². The van der Waals surface area contributed by atoms with Crippen LogP contribution in [0.25, 0.3) is 0 Å². The Bertz CT molecular complexity index is 1450. The van der Waals surface area contributed by atoms with Crippen LogP contribution in [0.2, 0.25) is 0 Å². The monoisotopic (exact) mass is 586 g/mol. The fraction of sp³-hybridized carbons (Fsp3) is 0.0526. The molecular formula is C38H33ClP2+2. The molecule has 0 heterocycles. The van der Waals surface area contributed by atoms with Crippen molar-refractivity contribution in [1.82, 2.24) is 0 Å². The van der Waals surface area contributed by atoms with E-state index >= 15 is 0 Å². The van der Waals surface area contributed by atoms with Crippen molar-refractivity contribution in [2.24, 2.45) is 0 Å². The van der Waals surface area contributed by atoms with Gasteiger partial charge in [-0.25, -0.2) is 0 Å². The zero-order valence-corrected chi connectivity index (χ0v) is 25.4. The number of hydrogen-bond donors (Lipinski definition) is 0. The van der Waals surface area contributed by atoms with Crippen LogP contribution in [0.5, 0.6) is 0 Å². The molecule has 0 aliphatic heterocycles. The molecule has 0 spiro atoms. The highest BCUT2D eigenvalue weighted by Gasteiger charge is 2.58. The first kappa shape index (κ1) is 27.6. The number of benzene rings is 6. The Labute approximate surface area is 250 Å². The van der Waals surface area contributed by atoms with Gasteiger partial charge in [-0.1, -0.05) is 121 Å². The molecule has 0 aliphatic carbocycles. The van der Waals surface area contributed by atoms with Crippen LogP contribution in [-0.4, -0.2) is 11.3 Å². The highest BCUT2D eigenvalue weighted by atomic mass is 35.5. The molecule has 0 bridgehead atoms. The Morgan fingerprint density at radius 1 is 0.341 bits per heavy atom. The fourth-order valence-electron chi connectivity index (χ4n) is 6.08. The van der Waals surface area contributed by atoms with Gasteiger partial charge in [-0.05, 0) is 72.8 Å². The van der Waals surface area contributed by atoms with Crippen molar-refractivity contribution in [3.63, 3.8) is 0 Å². The molecule has 6 aromatic rings. The summed E-state index contributed by atoms with van der Waals surface area (Å²) in [6.45, 7) is 0. The molecule has 0 nitrogen and oxygen atoms in total. The van der Waals surface area contributed by atoms with E-state index in [0.717, 1.165) is 6.16 Å². The van der Waals surface area contributed by atoms with Gasteiger partial charge in [0.1, 0.15) is 52.5 Å². The van der Waals surface area contributed by atoms with Gasteiger partial charge in [-0.15, -0.1) is 0 Å². The van der Waals surface area contributed by atoms with Crippen molar-refractivity contribution in [3.05, 3.63) is 182 Å². The molecule has 6 aromatic carbocycles. The lowest BCUT2D eigenvalue weighted by Gasteiger charge is -2.35. The van der Waals surface area contributed by atoms with Crippen LogP contribution in [0.3, 0.4) is 0 Å². The van der Waals surface area contributed by atoms with Gasteiger partial charge in [0.25, 0.3) is 0 Å². The van der Waals surface area contributed by atoms with E-state index in [-0.39, 0.29) is 5.12 Å². The first-order valence-corrected chi connectivity index (χ1v) is 18.3. The average molecular weight is 587 g/mol. The molecule has 0 aromatic heterocycles. The summed E-state index contributed by atoms with van der Waals surface area (Å²) in [5, 5.41) is 7.84. The third-order valence-corrected chi connectivity index (χ3v) is 18.3. The summed E-state index contributed by atoms with van der Waals surface area (Å²) in [6.07, 6.45) is 0.832. The number of hydrogen-bond acceptors (Lipinski definition) is 0. The van der Waals surface area contributed by atoms with Crippen LogP contribution in [0.4, 0.5) is 0 Å². The van der Waals surface area contributed by atoms with Gasteiger partial charge >= 0.3 is 0 Å². The minimum Gasteiger partial charge on any atom is -0.0731 e. The predicted molar refractivity (Wildman–Crippen MR) is 185 cm³/mol. The number of halogens is 1. The maximum atomic E-state index is 8.12. The van der Waals surface area contributed by atoms with E-state index in [1.165, 1.54) is 31.8 Å². The van der Waals surface area contributed by atoms with Crippen LogP contribution in [0, 0.1) is 0 Å². The van der Waals surface area contributed by atoms with Crippen molar-refractivity contribution in [2.75, 3.05) is 6.16 Å². The summed E-state index contributed by atoms with van der Waals surface area (Å²) in [7, 11) is -4.48. The van der Waals surface area contributed by atoms with Crippen LogP contribution in [0.1, 0.15) is 0 Å². The first-order chi connectivity index (χ1) is 20.3. The molecule has 0 saturated heterocycles. The quantitative estimate of drug-likeness (QED) is 0.121. The molecule has 1 atom stereocenters. The Morgan fingerprint density at radius 3 is 0.805 bits per heavy atom. The summed E-state index contributed by atoms with van der Waals surface area (Å²) in [4.78, 5) is 0. The van der Waals surface area contributed by atoms with Crippen LogP contribution < -0.4 is 31.8 Å². The van der Waals surface area contributed by atoms with Crippen molar-refractivity contribution >= 4 is 58.0 Å². The van der Waals surface area contributed by atoms with Crippen molar-refractivity contribution in [2.45, 2.75) is 5.12 Å². The average Bonchev–Trinajstić information content (AvgIpc) is 3.07. The topological polar surface area (TPSA) is 0 Å². The van der Waals surface area contributed by atoms with Crippen LogP contribution in [0.15, 0.2) is 182 Å². The standard InChI is InChI=1S/C38H33ClP2/c39-38(41(35-25-13-4-14-26-35,36-27-15-5-16-28-36)37-29-17-6-18-30-37)31-40(32-19-7-1-8-20-32,33-21-9-2-10-22-33)34-23-11-3-12-24-34/h1-30,38H,31H2/q+2. The molecule has 0 aliphatic rings. The molecule has 1 unspecified atom stereocenters. The van der Waals surface area contributed by atoms with Crippen molar-refractivity contribution in [3.8, 4) is 0 Å². The van der Waals surface area contributed by atoms with E-state index in [4.69, 9.17) is 11.6 Å². The zero-order chi connectivity index (χ0) is 28.0. The van der Waals surface area contributed by atoms with Crippen molar-refractivity contribution in [1.29, 1.82) is 0 Å². The van der Waals surface area contributed by atoms with E-state index in [2.05, 4.69) is 182 Å². The lowest BCUT2D eigenvalue weighted by molar-refractivity contribution is 1.37. The molecular weight excluding hydrogens is 554 g/mol. The van der Waals surface area contributed by atoms with Gasteiger partial charge in [0.2, 0.25) is 0 Å². The van der Waals surface area contributed by atoms with E-state index < -0.39 is 14.5 Å². The Kier molecular flexibility index (Phi) is 8.46. The second-order valence-corrected chi connectivity index (χ2v) is 18.1. The molecule has 200 valence electrons. The van der Waals surface area contributed by atoms with E-state index in [1.807, 2.05) is 0 Å². The predicted octanol–water partition coefficient (Wildman–Crippen LogP) is 7.54. The summed E-state index contributed by atoms with van der Waals surface area (Å²) in [5.41, 5.74) is 0. The van der Waals surface area contributed by atoms with Gasteiger partial charge in [0.15, 0.2) is 5.12 Å². The van der Waals surface area contributed by atoms with Crippen LogP contribution >= 0.6 is 26.1 Å². The summed E-state index contributed by atoms with van der Waals surface area (Å²) >= 11 is 8.12. The Balaban J connectivity index is 1.66. The Morgan fingerprint density at radius 2 is 0.561 bits per heavy atom. The maximum absolute atomic E-state index is 8.12. The highest BCUT2D eigenvalue weighted by molar-refractivity contribution is 8.00. The lowest BCUT2D eigenvalue weighted by atomic mass is 10.4. The van der Waals surface area contributed by atoms with E-state index in [9.17, 15) is 0 Å². The van der Waals surface area contributed by atoms with Gasteiger partial charge in [-0.3, -0.25) is 0 Å². The lowest BCUT2D eigenvalue weighted by Crippen LogP contribution is -2.42. The van der Waals surface area contributed by atoms with Gasteiger partial charge in [-0.2, -0.15) is 0 Å². The molecule has 41 heavy (non-hydrogen) atoms. The molecule has 0 saturated carbocycles. The second kappa shape index (κ2) is 12.5. The zero-order valence-electron chi connectivity index (χ0n) is 22.9. The molecule has 3 heteroatoms. The molecule has 0 radical (unpaired) electrons. The second-order valence-electron chi connectivity index (χ2n) is 10.2. The third-order valence-electron chi connectivity index (χ3n) is 7.93. The summed E-state index contributed by atoms with van der Waals surface area (Å²) in [5.74, 6) is 0. The van der Waals surface area contributed by atoms with Crippen molar-refractivity contribution < 1.29 is 0 Å². The first-order valence-electron chi connectivity index (χ1n) is 14.0. The third kappa shape index (κ3) is 5.18. The molecule has 0 fully saturated rings. The van der Waals surface area contributed by atoms with Crippen LogP contribution in [-0.2, 0) is 0 Å². The summed E-state index contributed by atoms with van der Waals surface area (Å²) in [6, 6.07) is 66.2. The normalized spacial score (nSPS) is 12.5. The SMILES string of the molecule is ClC(C[P+](c1ccccc1)(c1ccccc1)c1ccccc1)[P+](c1ccccc1)(c1ccccc1)c1ccccc1. The molecule has 6 rings (SSSR count).